The lowest BCUT2D eigenvalue weighted by atomic mass is 10.2. The lowest BCUT2D eigenvalue weighted by Crippen LogP contribution is -2.10. The molecule has 0 fully saturated rings. The molecular formula is C12H12ClFN2O. The molecule has 0 spiro atoms. The Bertz CT molecular complexity index is 513. The van der Waals surface area contributed by atoms with E-state index < -0.39 is 0 Å². The molecule has 1 aromatic carbocycles. The van der Waals surface area contributed by atoms with Crippen LogP contribution in [0.3, 0.4) is 0 Å². The molecule has 0 bridgehead atoms. The van der Waals surface area contributed by atoms with Gasteiger partial charge >= 0.3 is 0 Å². The zero-order valence-electron chi connectivity index (χ0n) is 9.34. The summed E-state index contributed by atoms with van der Waals surface area (Å²) in [5.74, 6) is 0.824. The molecule has 1 heterocycles. The zero-order chi connectivity index (χ0) is 12.3. The summed E-state index contributed by atoms with van der Waals surface area (Å²) >= 11 is 5.94. The molecule has 0 aliphatic heterocycles. The van der Waals surface area contributed by atoms with Crippen LogP contribution in [0.15, 0.2) is 28.8 Å². The number of benzene rings is 1. The summed E-state index contributed by atoms with van der Waals surface area (Å²) in [5, 5.41) is 3.33. The fourth-order valence-electron chi connectivity index (χ4n) is 1.47. The highest BCUT2D eigenvalue weighted by Gasteiger charge is 2.10. The molecule has 0 aliphatic carbocycles. The van der Waals surface area contributed by atoms with Gasteiger partial charge in [-0.3, -0.25) is 0 Å². The molecule has 0 saturated heterocycles. The summed E-state index contributed by atoms with van der Waals surface area (Å²) in [6, 6.07) is 4.18. The largest absolute Gasteiger partial charge is 0.441 e. The van der Waals surface area contributed by atoms with Crippen LogP contribution in [0.1, 0.15) is 5.89 Å². The maximum absolute atomic E-state index is 12.9. The molecule has 0 saturated carbocycles. The van der Waals surface area contributed by atoms with Crippen molar-refractivity contribution in [2.75, 3.05) is 13.6 Å². The summed E-state index contributed by atoms with van der Waals surface area (Å²) in [5.41, 5.74) is 0.649. The summed E-state index contributed by atoms with van der Waals surface area (Å²) in [7, 11) is 1.86. The van der Waals surface area contributed by atoms with Crippen LogP contribution in [-0.2, 0) is 6.42 Å². The molecule has 1 aromatic heterocycles. The highest BCUT2D eigenvalue weighted by atomic mass is 35.5. The Morgan fingerprint density at radius 3 is 3.00 bits per heavy atom. The molecule has 2 aromatic rings. The average molecular weight is 255 g/mol. The smallest absolute Gasteiger partial charge is 0.196 e. The predicted molar refractivity (Wildman–Crippen MR) is 64.5 cm³/mol. The maximum atomic E-state index is 12.9. The normalized spacial score (nSPS) is 10.8. The van der Waals surface area contributed by atoms with E-state index in [9.17, 15) is 4.39 Å². The fourth-order valence-corrected chi connectivity index (χ4v) is 1.73. The minimum absolute atomic E-state index is 0.321. The van der Waals surface area contributed by atoms with Crippen molar-refractivity contribution in [2.24, 2.45) is 0 Å². The highest BCUT2D eigenvalue weighted by molar-refractivity contribution is 6.33. The highest BCUT2D eigenvalue weighted by Crippen LogP contribution is 2.28. The molecule has 1 N–H and O–H groups in total. The van der Waals surface area contributed by atoms with Crippen LogP contribution in [0, 0.1) is 5.82 Å². The number of aromatic nitrogens is 1. The Labute approximate surface area is 104 Å². The van der Waals surface area contributed by atoms with Gasteiger partial charge in [-0.05, 0) is 25.2 Å². The van der Waals surface area contributed by atoms with Gasteiger partial charge in [-0.25, -0.2) is 9.37 Å². The number of nitrogens with one attached hydrogen (secondary N) is 1. The van der Waals surface area contributed by atoms with Crippen LogP contribution in [0.2, 0.25) is 5.02 Å². The van der Waals surface area contributed by atoms with E-state index in [1.165, 1.54) is 12.1 Å². The van der Waals surface area contributed by atoms with E-state index in [-0.39, 0.29) is 5.82 Å². The maximum Gasteiger partial charge on any atom is 0.196 e. The van der Waals surface area contributed by atoms with Gasteiger partial charge < -0.3 is 9.73 Å². The van der Waals surface area contributed by atoms with Crippen molar-refractivity contribution in [3.8, 4) is 11.3 Å². The van der Waals surface area contributed by atoms with E-state index >= 15 is 0 Å². The van der Waals surface area contributed by atoms with Crippen molar-refractivity contribution in [3.63, 3.8) is 0 Å². The van der Waals surface area contributed by atoms with Gasteiger partial charge in [0.15, 0.2) is 11.7 Å². The van der Waals surface area contributed by atoms with Crippen molar-refractivity contribution in [1.29, 1.82) is 0 Å². The Balaban J connectivity index is 2.24. The van der Waals surface area contributed by atoms with Gasteiger partial charge in [0.1, 0.15) is 5.82 Å². The molecular weight excluding hydrogens is 243 g/mol. The van der Waals surface area contributed by atoms with Gasteiger partial charge in [-0.2, -0.15) is 0 Å². The lowest BCUT2D eigenvalue weighted by molar-refractivity contribution is 0.500. The van der Waals surface area contributed by atoms with Crippen molar-refractivity contribution in [3.05, 3.63) is 41.1 Å². The summed E-state index contributed by atoms with van der Waals surface area (Å²) in [6.07, 6.45) is 2.30. The number of hydrogen-bond donors (Lipinski definition) is 1. The van der Waals surface area contributed by atoms with Crippen LogP contribution in [0.25, 0.3) is 11.3 Å². The molecule has 0 unspecified atom stereocenters. The number of nitrogens with zero attached hydrogens (tertiary/aromatic N) is 1. The van der Waals surface area contributed by atoms with Crippen LogP contribution in [-0.4, -0.2) is 18.6 Å². The van der Waals surface area contributed by atoms with Gasteiger partial charge in [-0.1, -0.05) is 11.6 Å². The van der Waals surface area contributed by atoms with E-state index in [1.54, 1.807) is 12.3 Å². The summed E-state index contributed by atoms with van der Waals surface area (Å²) in [4.78, 5) is 4.13. The van der Waals surface area contributed by atoms with Gasteiger partial charge in [0.2, 0.25) is 0 Å². The third-order valence-electron chi connectivity index (χ3n) is 2.34. The lowest BCUT2D eigenvalue weighted by Gasteiger charge is -1.99. The number of likely N-dealkylation sites (N-methyl/N-ethyl adjacent to an activating group) is 1. The monoisotopic (exact) mass is 254 g/mol. The van der Waals surface area contributed by atoms with Crippen molar-refractivity contribution >= 4 is 11.6 Å². The Morgan fingerprint density at radius 2 is 2.29 bits per heavy atom. The molecule has 90 valence electrons. The topological polar surface area (TPSA) is 38.1 Å². The fraction of sp³-hybridized carbons (Fsp3) is 0.250. The second kappa shape index (κ2) is 5.29. The first kappa shape index (κ1) is 12.1. The van der Waals surface area contributed by atoms with Crippen molar-refractivity contribution in [1.82, 2.24) is 10.3 Å². The summed E-state index contributed by atoms with van der Waals surface area (Å²) in [6.45, 7) is 0.789. The Kier molecular flexibility index (Phi) is 3.76. The Morgan fingerprint density at radius 1 is 1.47 bits per heavy atom. The predicted octanol–water partition coefficient (Wildman–Crippen LogP) is 2.90. The first-order valence-electron chi connectivity index (χ1n) is 5.25. The number of oxazole rings is 1. The van der Waals surface area contributed by atoms with Crippen LogP contribution >= 0.6 is 11.6 Å². The van der Waals surface area contributed by atoms with Crippen LogP contribution in [0.5, 0.6) is 0 Å². The SMILES string of the molecule is CNCCc1ncc(-c2ccc(F)cc2Cl)o1. The van der Waals surface area contributed by atoms with E-state index in [4.69, 9.17) is 16.0 Å². The Hall–Kier alpha value is -1.39. The number of hydrogen-bond acceptors (Lipinski definition) is 3. The second-order valence-corrected chi connectivity index (χ2v) is 4.00. The van der Waals surface area contributed by atoms with Crippen molar-refractivity contribution in [2.45, 2.75) is 6.42 Å². The first-order valence-corrected chi connectivity index (χ1v) is 5.63. The summed E-state index contributed by atoms with van der Waals surface area (Å²) < 4.78 is 18.4. The van der Waals surface area contributed by atoms with Crippen LogP contribution < -0.4 is 5.32 Å². The minimum atomic E-state index is -0.367. The third kappa shape index (κ3) is 2.84. The zero-order valence-corrected chi connectivity index (χ0v) is 10.1. The molecule has 17 heavy (non-hydrogen) atoms. The average Bonchev–Trinajstić information content (AvgIpc) is 2.75. The van der Waals surface area contributed by atoms with Crippen molar-refractivity contribution < 1.29 is 8.81 Å². The van der Waals surface area contributed by atoms with Crippen LogP contribution in [0.4, 0.5) is 4.39 Å². The van der Waals surface area contributed by atoms with Gasteiger partial charge in [0.25, 0.3) is 0 Å². The van der Waals surface area contributed by atoms with Gasteiger partial charge in [-0.15, -0.1) is 0 Å². The standard InChI is InChI=1S/C12H12ClFN2O/c1-15-5-4-12-16-7-11(17-12)9-3-2-8(14)6-10(9)13/h2-3,6-7,15H,4-5H2,1H3. The molecule has 0 atom stereocenters. The van der Waals surface area contributed by atoms with Gasteiger partial charge in [0.05, 0.1) is 11.2 Å². The van der Waals surface area contributed by atoms with E-state index in [2.05, 4.69) is 10.3 Å². The molecule has 2 rings (SSSR count). The quantitative estimate of drug-likeness (QED) is 0.912. The van der Waals surface area contributed by atoms with E-state index in [1.807, 2.05) is 7.05 Å². The molecule has 0 radical (unpaired) electrons. The minimum Gasteiger partial charge on any atom is -0.441 e. The first-order chi connectivity index (χ1) is 8.20. The van der Waals surface area contributed by atoms with E-state index in [0.29, 0.717) is 28.7 Å². The third-order valence-corrected chi connectivity index (χ3v) is 2.65. The molecule has 0 aliphatic rings. The molecule has 3 nitrogen and oxygen atoms in total. The number of halogens is 2. The van der Waals surface area contributed by atoms with Gasteiger partial charge in [0, 0.05) is 18.5 Å². The molecule has 5 heteroatoms. The number of rotatable bonds is 4. The van der Waals surface area contributed by atoms with E-state index in [0.717, 1.165) is 6.54 Å². The molecule has 0 amide bonds. The second-order valence-electron chi connectivity index (χ2n) is 3.60.